The molecule has 4 rings (SSSR count). The third-order valence-electron chi connectivity index (χ3n) is 7.22. The molecule has 3 aromatic rings. The van der Waals surface area contributed by atoms with Crippen LogP contribution >= 0.6 is 0 Å². The highest BCUT2D eigenvalue weighted by molar-refractivity contribution is 7.90. The van der Waals surface area contributed by atoms with Crippen LogP contribution in [0.5, 0.6) is 0 Å². The lowest BCUT2D eigenvalue weighted by atomic mass is 9.88. The zero-order valence-electron chi connectivity index (χ0n) is 24.0. The van der Waals surface area contributed by atoms with Gasteiger partial charge in [0.25, 0.3) is 15.9 Å². The maximum absolute atomic E-state index is 13.6. The first kappa shape index (κ1) is 31.7. The van der Waals surface area contributed by atoms with Gasteiger partial charge in [0.2, 0.25) is 0 Å². The molecule has 3 N–H and O–H groups in total. The van der Waals surface area contributed by atoms with Crippen LogP contribution in [0, 0.1) is 11.6 Å². The number of carbonyl (C=O) groups excluding carboxylic acids is 1. The fourth-order valence-corrected chi connectivity index (χ4v) is 5.71. The standard InChI is InChI=1S/C32H35F2N5O3S/c1-2-18-36-32(40)26-7-13-30(14-8-26)43(41,42)37-22-29(38-35)17-21-39-19-15-25(16-20-39)31(23-3-9-27(33)10-4-23)24-5-11-28(34)12-6-24/h3-14,22H,2,15-21,35H2,1H3,(H,36,40)/b37-22+,38-29-. The van der Waals surface area contributed by atoms with Crippen LogP contribution in [-0.4, -0.2) is 57.3 Å². The SMILES string of the molecule is CCCNC(=O)c1ccc(S(=O)(=O)/N=C/C(CCN2CCC(=C(c3ccc(F)cc3)c3ccc(F)cc3)CC2)=N\N)cc1. The molecule has 0 saturated carbocycles. The lowest BCUT2D eigenvalue weighted by Gasteiger charge is -2.30. The summed E-state index contributed by atoms with van der Waals surface area (Å²) in [5.41, 5.74) is 4.63. The number of nitrogens with one attached hydrogen (secondary N) is 1. The van der Waals surface area contributed by atoms with E-state index in [0.717, 1.165) is 55.3 Å². The quantitative estimate of drug-likeness (QED) is 0.177. The molecule has 1 amide bonds. The van der Waals surface area contributed by atoms with E-state index in [4.69, 9.17) is 5.84 Å². The first-order chi connectivity index (χ1) is 20.7. The molecule has 8 nitrogen and oxygen atoms in total. The normalized spacial score (nSPS) is 14.7. The zero-order valence-corrected chi connectivity index (χ0v) is 24.8. The third kappa shape index (κ3) is 8.65. The average molecular weight is 608 g/mol. The Balaban J connectivity index is 1.37. The van der Waals surface area contributed by atoms with E-state index < -0.39 is 10.0 Å². The Morgan fingerprint density at radius 2 is 1.44 bits per heavy atom. The maximum Gasteiger partial charge on any atom is 0.282 e. The van der Waals surface area contributed by atoms with Crippen molar-refractivity contribution in [2.24, 2.45) is 15.3 Å². The summed E-state index contributed by atoms with van der Waals surface area (Å²) < 4.78 is 56.4. The number of hydrazone groups is 1. The summed E-state index contributed by atoms with van der Waals surface area (Å²) in [4.78, 5) is 14.3. The summed E-state index contributed by atoms with van der Waals surface area (Å²) in [6.07, 6.45) is 3.87. The molecule has 0 bridgehead atoms. The van der Waals surface area contributed by atoms with Gasteiger partial charge in [-0.05, 0) is 84.5 Å². The zero-order chi connectivity index (χ0) is 30.8. The Morgan fingerprint density at radius 1 is 0.907 bits per heavy atom. The number of nitrogens with zero attached hydrogens (tertiary/aromatic N) is 3. The molecule has 1 saturated heterocycles. The average Bonchev–Trinajstić information content (AvgIpc) is 3.02. The van der Waals surface area contributed by atoms with Crippen molar-refractivity contribution in [3.05, 3.63) is 107 Å². The van der Waals surface area contributed by atoms with Crippen LogP contribution in [0.4, 0.5) is 8.78 Å². The molecule has 0 spiro atoms. The summed E-state index contributed by atoms with van der Waals surface area (Å²) in [5.74, 6) is 4.63. The van der Waals surface area contributed by atoms with E-state index in [0.29, 0.717) is 30.8 Å². The fourth-order valence-electron chi connectivity index (χ4n) is 4.85. The predicted molar refractivity (Wildman–Crippen MR) is 165 cm³/mol. The minimum atomic E-state index is -4.01. The lowest BCUT2D eigenvalue weighted by Crippen LogP contribution is -2.33. The molecule has 226 valence electrons. The second kappa shape index (κ2) is 14.8. The van der Waals surface area contributed by atoms with Gasteiger partial charge in [0.05, 0.1) is 16.8 Å². The van der Waals surface area contributed by atoms with Crippen LogP contribution in [0.3, 0.4) is 0 Å². The van der Waals surface area contributed by atoms with Crippen molar-refractivity contribution in [2.45, 2.75) is 37.5 Å². The Hall–Kier alpha value is -4.22. The van der Waals surface area contributed by atoms with Gasteiger partial charge >= 0.3 is 0 Å². The second-order valence-electron chi connectivity index (χ2n) is 10.2. The number of nitrogens with two attached hydrogens (primary N) is 1. The summed E-state index contributed by atoms with van der Waals surface area (Å²) in [6.45, 7) is 4.56. The summed E-state index contributed by atoms with van der Waals surface area (Å²) >= 11 is 0. The van der Waals surface area contributed by atoms with E-state index in [1.165, 1.54) is 54.1 Å². The van der Waals surface area contributed by atoms with Gasteiger partial charge in [0.1, 0.15) is 11.6 Å². The van der Waals surface area contributed by atoms with E-state index in [1.54, 1.807) is 24.3 Å². The number of hydrogen-bond donors (Lipinski definition) is 2. The molecular weight excluding hydrogens is 572 g/mol. The summed E-state index contributed by atoms with van der Waals surface area (Å²) in [5, 5.41) is 6.47. The molecule has 0 atom stereocenters. The number of hydrogen-bond acceptors (Lipinski definition) is 6. The number of piperidine rings is 1. The third-order valence-corrected chi connectivity index (χ3v) is 8.47. The van der Waals surface area contributed by atoms with Gasteiger partial charge in [-0.1, -0.05) is 36.8 Å². The first-order valence-corrected chi connectivity index (χ1v) is 15.6. The van der Waals surface area contributed by atoms with Crippen molar-refractivity contribution in [2.75, 3.05) is 26.2 Å². The van der Waals surface area contributed by atoms with Gasteiger partial charge in [-0.15, -0.1) is 0 Å². The topological polar surface area (TPSA) is 117 Å². The molecule has 1 heterocycles. The number of carbonyl (C=O) groups is 1. The van der Waals surface area contributed by atoms with Crippen LogP contribution in [0.2, 0.25) is 0 Å². The molecule has 11 heteroatoms. The largest absolute Gasteiger partial charge is 0.352 e. The number of likely N-dealkylation sites (tertiary alicyclic amines) is 1. The Labute approximate surface area is 251 Å². The number of amides is 1. The van der Waals surface area contributed by atoms with Crippen molar-refractivity contribution in [1.29, 1.82) is 0 Å². The fraction of sp³-hybridized carbons (Fsp3) is 0.281. The molecule has 0 aliphatic carbocycles. The van der Waals surface area contributed by atoms with E-state index in [2.05, 4.69) is 19.7 Å². The van der Waals surface area contributed by atoms with Crippen molar-refractivity contribution in [3.63, 3.8) is 0 Å². The van der Waals surface area contributed by atoms with Crippen molar-refractivity contribution < 1.29 is 22.0 Å². The monoisotopic (exact) mass is 607 g/mol. The van der Waals surface area contributed by atoms with Gasteiger partial charge in [-0.2, -0.15) is 17.9 Å². The van der Waals surface area contributed by atoms with Crippen LogP contribution in [0.1, 0.15) is 54.1 Å². The van der Waals surface area contributed by atoms with E-state index in [-0.39, 0.29) is 22.4 Å². The molecule has 1 aliphatic heterocycles. The minimum absolute atomic E-state index is 0.0411. The highest BCUT2D eigenvalue weighted by Crippen LogP contribution is 2.32. The van der Waals surface area contributed by atoms with Gasteiger partial charge in [-0.25, -0.2) is 8.78 Å². The number of sulfonamides is 1. The van der Waals surface area contributed by atoms with Crippen molar-refractivity contribution in [1.82, 2.24) is 10.2 Å². The second-order valence-corrected chi connectivity index (χ2v) is 11.8. The highest BCUT2D eigenvalue weighted by Gasteiger charge is 2.20. The number of halogens is 2. The molecule has 0 radical (unpaired) electrons. The van der Waals surface area contributed by atoms with Crippen LogP contribution in [-0.2, 0) is 10.0 Å². The smallest absolute Gasteiger partial charge is 0.282 e. The minimum Gasteiger partial charge on any atom is -0.352 e. The first-order valence-electron chi connectivity index (χ1n) is 14.1. The van der Waals surface area contributed by atoms with E-state index >= 15 is 0 Å². The number of benzene rings is 3. The van der Waals surface area contributed by atoms with Crippen molar-refractivity contribution >= 4 is 33.4 Å². The van der Waals surface area contributed by atoms with Crippen LogP contribution in [0.15, 0.2) is 92.8 Å². The van der Waals surface area contributed by atoms with Crippen molar-refractivity contribution in [3.8, 4) is 0 Å². The Morgan fingerprint density at radius 3 is 1.95 bits per heavy atom. The Kier molecular flexibility index (Phi) is 10.9. The predicted octanol–water partition coefficient (Wildman–Crippen LogP) is 5.17. The Bertz CT molecular complexity index is 1540. The number of rotatable bonds is 11. The summed E-state index contributed by atoms with van der Waals surface area (Å²) in [7, 11) is -4.01. The molecule has 3 aromatic carbocycles. The van der Waals surface area contributed by atoms with Gasteiger partial charge < -0.3 is 16.1 Å². The van der Waals surface area contributed by atoms with Gasteiger partial charge in [0, 0.05) is 38.2 Å². The molecule has 1 fully saturated rings. The van der Waals surface area contributed by atoms with Gasteiger partial charge in [0.15, 0.2) is 0 Å². The molecule has 0 unspecified atom stereocenters. The van der Waals surface area contributed by atoms with Crippen LogP contribution < -0.4 is 11.2 Å². The van der Waals surface area contributed by atoms with E-state index in [1.807, 2.05) is 6.92 Å². The van der Waals surface area contributed by atoms with Gasteiger partial charge in [-0.3, -0.25) is 4.79 Å². The molecule has 43 heavy (non-hydrogen) atoms. The molecule has 1 aliphatic rings. The van der Waals surface area contributed by atoms with E-state index in [9.17, 15) is 22.0 Å². The lowest BCUT2D eigenvalue weighted by molar-refractivity contribution is 0.0953. The van der Waals surface area contributed by atoms with Crippen LogP contribution in [0.25, 0.3) is 5.57 Å². The maximum atomic E-state index is 13.6. The highest BCUT2D eigenvalue weighted by atomic mass is 32.2. The summed E-state index contributed by atoms with van der Waals surface area (Å²) in [6, 6.07) is 18.2. The molecular formula is C32H35F2N5O3S. The molecule has 0 aromatic heterocycles.